The molecule has 3 nitrogen and oxygen atoms in total. The maximum absolute atomic E-state index is 9.06. The molecular formula is C15H15ClN2O. The van der Waals surface area contributed by atoms with Crippen LogP contribution in [0.4, 0.5) is 5.69 Å². The van der Waals surface area contributed by atoms with Gasteiger partial charge in [-0.3, -0.25) is 0 Å². The lowest BCUT2D eigenvalue weighted by Crippen LogP contribution is -2.09. The van der Waals surface area contributed by atoms with Gasteiger partial charge in [-0.25, -0.2) is 0 Å². The van der Waals surface area contributed by atoms with Crippen LogP contribution >= 0.6 is 11.6 Å². The van der Waals surface area contributed by atoms with Crippen LogP contribution < -0.4 is 5.32 Å². The zero-order valence-corrected chi connectivity index (χ0v) is 11.1. The van der Waals surface area contributed by atoms with E-state index in [0.29, 0.717) is 23.7 Å². The fourth-order valence-corrected chi connectivity index (χ4v) is 1.90. The summed E-state index contributed by atoms with van der Waals surface area (Å²) in [5.41, 5.74) is 2.60. The van der Waals surface area contributed by atoms with Gasteiger partial charge in [-0.05, 0) is 29.8 Å². The van der Waals surface area contributed by atoms with Gasteiger partial charge in [-0.15, -0.1) is 0 Å². The van der Waals surface area contributed by atoms with Gasteiger partial charge in [0, 0.05) is 23.7 Å². The van der Waals surface area contributed by atoms with Gasteiger partial charge < -0.3 is 10.5 Å². The van der Waals surface area contributed by atoms with E-state index >= 15 is 0 Å². The van der Waals surface area contributed by atoms with E-state index in [-0.39, 0.29) is 0 Å². The summed E-state index contributed by atoms with van der Waals surface area (Å²) in [4.78, 5) is 0. The molecule has 98 valence electrons. The Hall–Kier alpha value is -2.00. The van der Waals surface area contributed by atoms with Crippen molar-refractivity contribution in [2.45, 2.75) is 6.42 Å². The molecule has 4 heteroatoms. The molecule has 0 aromatic heterocycles. The molecule has 0 unspecified atom stereocenters. The summed E-state index contributed by atoms with van der Waals surface area (Å²) in [5.74, 6) is 0. The van der Waals surface area contributed by atoms with Crippen molar-refractivity contribution in [2.24, 2.45) is 5.16 Å². The van der Waals surface area contributed by atoms with E-state index in [1.54, 1.807) is 0 Å². The number of rotatable bonds is 5. The average molecular weight is 275 g/mol. The minimum atomic E-state index is 0.642. The third-order valence-corrected chi connectivity index (χ3v) is 3.01. The highest BCUT2D eigenvalue weighted by Crippen LogP contribution is 2.13. The topological polar surface area (TPSA) is 44.6 Å². The molecule has 0 fully saturated rings. The van der Waals surface area contributed by atoms with Gasteiger partial charge in [-0.1, -0.05) is 47.1 Å². The second-order valence-electron chi connectivity index (χ2n) is 4.10. The van der Waals surface area contributed by atoms with E-state index in [2.05, 4.69) is 10.5 Å². The van der Waals surface area contributed by atoms with Crippen molar-refractivity contribution in [3.63, 3.8) is 0 Å². The molecule has 0 saturated heterocycles. The van der Waals surface area contributed by atoms with Crippen molar-refractivity contribution < 1.29 is 5.21 Å². The molecule has 0 atom stereocenters. The van der Waals surface area contributed by atoms with Crippen LogP contribution in [0.1, 0.15) is 12.0 Å². The highest BCUT2D eigenvalue weighted by molar-refractivity contribution is 6.30. The van der Waals surface area contributed by atoms with Crippen LogP contribution in [0.2, 0.25) is 5.02 Å². The van der Waals surface area contributed by atoms with Gasteiger partial charge in [0.2, 0.25) is 0 Å². The maximum atomic E-state index is 9.06. The molecule has 0 bridgehead atoms. The van der Waals surface area contributed by atoms with Gasteiger partial charge in [-0.2, -0.15) is 0 Å². The maximum Gasteiger partial charge on any atom is 0.0885 e. The number of anilines is 1. The first-order valence-electron chi connectivity index (χ1n) is 6.05. The van der Waals surface area contributed by atoms with Crippen molar-refractivity contribution in [1.29, 1.82) is 0 Å². The summed E-state index contributed by atoms with van der Waals surface area (Å²) < 4.78 is 0. The number of hydrogen-bond acceptors (Lipinski definition) is 3. The molecule has 0 aliphatic rings. The fourth-order valence-electron chi connectivity index (χ4n) is 1.78. The quantitative estimate of drug-likeness (QED) is 0.491. The molecule has 0 spiro atoms. The van der Waals surface area contributed by atoms with Crippen molar-refractivity contribution >= 4 is 23.0 Å². The third kappa shape index (κ3) is 4.00. The Morgan fingerprint density at radius 2 is 1.74 bits per heavy atom. The van der Waals surface area contributed by atoms with E-state index < -0.39 is 0 Å². The van der Waals surface area contributed by atoms with Gasteiger partial charge in [0.15, 0.2) is 0 Å². The van der Waals surface area contributed by atoms with E-state index in [0.717, 1.165) is 11.3 Å². The standard InChI is InChI=1S/C15H15ClN2O/c16-13-6-8-14(9-7-13)17-11-10-15(18-19)12-4-2-1-3-5-12/h1-9,17,19H,10-11H2/b18-15+. The Kier molecular flexibility index (Phi) is 4.81. The summed E-state index contributed by atoms with van der Waals surface area (Å²) in [6.07, 6.45) is 0.642. The lowest BCUT2D eigenvalue weighted by atomic mass is 10.1. The molecule has 2 rings (SSSR count). The zero-order chi connectivity index (χ0) is 13.5. The van der Waals surface area contributed by atoms with Crippen LogP contribution in [-0.2, 0) is 0 Å². The van der Waals surface area contributed by atoms with E-state index in [4.69, 9.17) is 16.8 Å². The van der Waals surface area contributed by atoms with Crippen molar-refractivity contribution in [1.82, 2.24) is 0 Å². The first-order valence-corrected chi connectivity index (χ1v) is 6.43. The minimum Gasteiger partial charge on any atom is -0.411 e. The number of nitrogens with zero attached hydrogens (tertiary/aromatic N) is 1. The van der Waals surface area contributed by atoms with Crippen LogP contribution in [0, 0.1) is 0 Å². The molecule has 0 heterocycles. The second kappa shape index (κ2) is 6.81. The minimum absolute atomic E-state index is 0.642. The van der Waals surface area contributed by atoms with Gasteiger partial charge in [0.1, 0.15) is 0 Å². The van der Waals surface area contributed by atoms with E-state index in [1.807, 2.05) is 54.6 Å². The van der Waals surface area contributed by atoms with Crippen LogP contribution in [0.25, 0.3) is 0 Å². The van der Waals surface area contributed by atoms with E-state index in [1.165, 1.54) is 0 Å². The Morgan fingerprint density at radius 1 is 1.05 bits per heavy atom. The zero-order valence-electron chi connectivity index (χ0n) is 10.4. The highest BCUT2D eigenvalue weighted by Gasteiger charge is 2.03. The number of benzene rings is 2. The van der Waals surface area contributed by atoms with Gasteiger partial charge >= 0.3 is 0 Å². The highest BCUT2D eigenvalue weighted by atomic mass is 35.5. The largest absolute Gasteiger partial charge is 0.411 e. The smallest absolute Gasteiger partial charge is 0.0885 e. The first-order chi connectivity index (χ1) is 9.29. The molecule has 2 N–H and O–H groups in total. The fraction of sp³-hybridized carbons (Fsp3) is 0.133. The number of halogens is 1. The Balaban J connectivity index is 1.89. The average Bonchev–Trinajstić information content (AvgIpc) is 2.46. The van der Waals surface area contributed by atoms with Gasteiger partial charge in [0.05, 0.1) is 5.71 Å². The lowest BCUT2D eigenvalue weighted by Gasteiger charge is -2.08. The van der Waals surface area contributed by atoms with E-state index in [9.17, 15) is 0 Å². The summed E-state index contributed by atoms with van der Waals surface area (Å²) in [6.45, 7) is 0.690. The predicted octanol–water partition coefficient (Wildman–Crippen LogP) is 4.02. The predicted molar refractivity (Wildman–Crippen MR) is 79.3 cm³/mol. The van der Waals surface area contributed by atoms with Gasteiger partial charge in [0.25, 0.3) is 0 Å². The second-order valence-corrected chi connectivity index (χ2v) is 4.53. The monoisotopic (exact) mass is 274 g/mol. The van der Waals surface area contributed by atoms with Crippen molar-refractivity contribution in [3.05, 3.63) is 65.2 Å². The lowest BCUT2D eigenvalue weighted by molar-refractivity contribution is 0.318. The summed E-state index contributed by atoms with van der Waals surface area (Å²) >= 11 is 5.82. The molecule has 2 aromatic carbocycles. The molecular weight excluding hydrogens is 260 g/mol. The molecule has 0 amide bonds. The van der Waals surface area contributed by atoms with Crippen LogP contribution in [0.15, 0.2) is 59.8 Å². The molecule has 0 aliphatic heterocycles. The van der Waals surface area contributed by atoms with Crippen LogP contribution in [0.5, 0.6) is 0 Å². The molecule has 0 radical (unpaired) electrons. The normalized spacial score (nSPS) is 11.3. The summed E-state index contributed by atoms with van der Waals surface area (Å²) in [5, 5.41) is 16.4. The van der Waals surface area contributed by atoms with Crippen LogP contribution in [-0.4, -0.2) is 17.5 Å². The van der Waals surface area contributed by atoms with Crippen molar-refractivity contribution in [3.8, 4) is 0 Å². The number of hydrogen-bond donors (Lipinski definition) is 2. The SMILES string of the molecule is O/N=C(\CCNc1ccc(Cl)cc1)c1ccccc1. The Morgan fingerprint density at radius 3 is 2.37 bits per heavy atom. The Labute approximate surface area is 117 Å². The molecule has 19 heavy (non-hydrogen) atoms. The Bertz CT molecular complexity index is 538. The number of nitrogens with one attached hydrogen (secondary N) is 1. The molecule has 0 saturated carbocycles. The molecule has 2 aromatic rings. The number of oxime groups is 1. The van der Waals surface area contributed by atoms with Crippen LogP contribution in [0.3, 0.4) is 0 Å². The third-order valence-electron chi connectivity index (χ3n) is 2.76. The first kappa shape index (κ1) is 13.4. The summed E-state index contributed by atoms with van der Waals surface area (Å²) in [7, 11) is 0. The van der Waals surface area contributed by atoms with Crippen molar-refractivity contribution in [2.75, 3.05) is 11.9 Å². The molecule has 0 aliphatic carbocycles. The summed E-state index contributed by atoms with van der Waals surface area (Å²) in [6, 6.07) is 17.1.